The van der Waals surface area contributed by atoms with Crippen LogP contribution >= 0.6 is 0 Å². The molecule has 2 atom stereocenters. The van der Waals surface area contributed by atoms with Crippen molar-refractivity contribution in [3.63, 3.8) is 0 Å². The van der Waals surface area contributed by atoms with Gasteiger partial charge in [0, 0.05) is 0 Å². The van der Waals surface area contributed by atoms with Crippen LogP contribution in [-0.4, -0.2) is 0 Å². The Morgan fingerprint density at radius 1 is 0.714 bits per heavy atom. The number of hydrogen-bond donors (Lipinski definition) is 0. The van der Waals surface area contributed by atoms with Crippen LogP contribution in [0.15, 0.2) is 113 Å². The first-order valence-corrected chi connectivity index (χ1v) is 17.9. The van der Waals surface area contributed by atoms with Gasteiger partial charge < -0.3 is 0 Å². The van der Waals surface area contributed by atoms with Gasteiger partial charge in [0.25, 0.3) is 0 Å². The predicted molar refractivity (Wildman–Crippen MR) is 147 cm³/mol. The summed E-state index contributed by atoms with van der Waals surface area (Å²) in [4.78, 5) is 0. The van der Waals surface area contributed by atoms with E-state index in [-0.39, 0.29) is 0 Å². The Labute approximate surface area is 216 Å². The molecule has 2 aliphatic carbocycles. The van der Waals surface area contributed by atoms with Crippen LogP contribution in [0.4, 0.5) is 0 Å². The van der Waals surface area contributed by atoms with Crippen LogP contribution < -0.4 is 0 Å². The molecule has 0 saturated heterocycles. The summed E-state index contributed by atoms with van der Waals surface area (Å²) in [5, 5.41) is 0. The molecule has 0 saturated carbocycles. The summed E-state index contributed by atoms with van der Waals surface area (Å²) in [6.07, 6.45) is 5.26. The van der Waals surface area contributed by atoms with Crippen molar-refractivity contribution in [3.8, 4) is 0 Å². The van der Waals surface area contributed by atoms with Gasteiger partial charge in [0.2, 0.25) is 0 Å². The molecule has 2 unspecified atom stereocenters. The Hall–Kier alpha value is -2.15. The molecule has 0 N–H and O–H groups in total. The van der Waals surface area contributed by atoms with Gasteiger partial charge in [0.15, 0.2) is 0 Å². The van der Waals surface area contributed by atoms with Crippen molar-refractivity contribution < 1.29 is 16.6 Å². The average molecular weight is 497 g/mol. The first-order chi connectivity index (χ1) is 17.1. The van der Waals surface area contributed by atoms with Gasteiger partial charge in [-0.15, -0.1) is 0 Å². The molecule has 3 aromatic rings. The van der Waals surface area contributed by atoms with E-state index in [1.807, 2.05) is 5.57 Å². The van der Waals surface area contributed by atoms with Crippen LogP contribution in [-0.2, 0) is 30.8 Å². The van der Waals surface area contributed by atoms with Gasteiger partial charge in [-0.1, -0.05) is 0 Å². The number of hydrogen-bond acceptors (Lipinski definition) is 0. The first-order valence-electron chi connectivity index (χ1n) is 13.7. The van der Waals surface area contributed by atoms with E-state index >= 15 is 0 Å². The van der Waals surface area contributed by atoms with Crippen molar-refractivity contribution >= 4 is 0 Å². The third kappa shape index (κ3) is 5.07. The molecule has 180 valence electrons. The zero-order valence-electron chi connectivity index (χ0n) is 21.8. The SMILES string of the molecule is CCC1=C(C)C2=C(CCC[CH]2[Ti]([CH2]c2ccccc2)([CH2]c2ccccc2)[CH2]c2ccccc2)C1C. The van der Waals surface area contributed by atoms with Gasteiger partial charge >= 0.3 is 217 Å². The van der Waals surface area contributed by atoms with Crippen molar-refractivity contribution in [2.24, 2.45) is 5.92 Å². The molecule has 3 aromatic carbocycles. The summed E-state index contributed by atoms with van der Waals surface area (Å²) < 4.78 is 4.67. The molecule has 35 heavy (non-hydrogen) atoms. The predicted octanol–water partition coefficient (Wildman–Crippen LogP) is 9.39. The van der Waals surface area contributed by atoms with Crippen molar-refractivity contribution in [1.82, 2.24) is 0 Å². The van der Waals surface area contributed by atoms with E-state index in [0.717, 1.165) is 4.22 Å². The minimum atomic E-state index is -2.62. The zero-order valence-corrected chi connectivity index (χ0v) is 23.3. The van der Waals surface area contributed by atoms with Gasteiger partial charge in [0.1, 0.15) is 0 Å². The van der Waals surface area contributed by atoms with Gasteiger partial charge in [0.05, 0.1) is 0 Å². The Kier molecular flexibility index (Phi) is 7.61. The third-order valence-electron chi connectivity index (χ3n) is 8.88. The second kappa shape index (κ2) is 10.9. The quantitative estimate of drug-likeness (QED) is 0.273. The molecule has 0 spiro atoms. The molecule has 0 nitrogen and oxygen atoms in total. The molecule has 0 bridgehead atoms. The third-order valence-corrected chi connectivity index (χ3v) is 17.3. The van der Waals surface area contributed by atoms with E-state index in [1.54, 1.807) is 33.4 Å². The minimum absolute atomic E-state index is 0.656. The Morgan fingerprint density at radius 2 is 1.17 bits per heavy atom. The normalized spacial score (nSPS) is 20.3. The van der Waals surface area contributed by atoms with E-state index in [2.05, 4.69) is 112 Å². The summed E-state index contributed by atoms with van der Waals surface area (Å²) in [7, 11) is 0. The van der Waals surface area contributed by atoms with Crippen LogP contribution in [0, 0.1) is 5.92 Å². The van der Waals surface area contributed by atoms with Gasteiger partial charge in [-0.2, -0.15) is 0 Å². The summed E-state index contributed by atoms with van der Waals surface area (Å²) >= 11 is -2.62. The van der Waals surface area contributed by atoms with Crippen LogP contribution in [0.2, 0.25) is 4.22 Å². The fourth-order valence-corrected chi connectivity index (χ4v) is 16.9. The van der Waals surface area contributed by atoms with Crippen LogP contribution in [0.5, 0.6) is 0 Å². The maximum absolute atomic E-state index is 2.62. The Bertz CT molecular complexity index is 1090. The van der Waals surface area contributed by atoms with E-state index in [9.17, 15) is 0 Å². The van der Waals surface area contributed by atoms with E-state index < -0.39 is 16.6 Å². The molecule has 0 amide bonds. The standard InChI is InChI=1S/C13H19.3C7H7.Ti/c1-4-11-9(2)12-7-5-6-8-13(12)10(11)3;3*1-7-5-3-2-4-6-7;/h7,10H,4-6,8H2,1-3H3;3*2-6H,1H2;. The molecular weight excluding hydrogens is 456 g/mol. The fraction of sp³-hybridized carbons (Fsp3) is 0.353. The molecule has 1 heteroatoms. The van der Waals surface area contributed by atoms with E-state index in [1.165, 1.54) is 39.9 Å². The average Bonchev–Trinajstić information content (AvgIpc) is 3.15. The van der Waals surface area contributed by atoms with Crippen molar-refractivity contribution in [2.45, 2.75) is 64.9 Å². The molecule has 2 aliphatic rings. The second-order valence-corrected chi connectivity index (χ2v) is 18.0. The van der Waals surface area contributed by atoms with E-state index in [0.29, 0.717) is 5.92 Å². The molecule has 0 aliphatic heterocycles. The molecular formula is C34H40Ti. The summed E-state index contributed by atoms with van der Waals surface area (Å²) in [5.41, 5.74) is 11.7. The number of rotatable bonds is 8. The zero-order chi connectivity index (χ0) is 24.3. The van der Waals surface area contributed by atoms with Crippen LogP contribution in [0.1, 0.15) is 63.1 Å². The first kappa shape index (κ1) is 24.5. The summed E-state index contributed by atoms with van der Waals surface area (Å²) in [5.74, 6) is 0.656. The van der Waals surface area contributed by atoms with Crippen LogP contribution in [0.3, 0.4) is 0 Å². The molecule has 0 radical (unpaired) electrons. The van der Waals surface area contributed by atoms with Crippen molar-refractivity contribution in [1.29, 1.82) is 0 Å². The summed E-state index contributed by atoms with van der Waals surface area (Å²) in [6.45, 7) is 7.33. The Balaban J connectivity index is 1.68. The van der Waals surface area contributed by atoms with Gasteiger partial charge in [-0.25, -0.2) is 0 Å². The van der Waals surface area contributed by atoms with Gasteiger partial charge in [-0.3, -0.25) is 0 Å². The molecule has 5 rings (SSSR count). The number of benzene rings is 3. The second-order valence-electron chi connectivity index (χ2n) is 11.0. The molecule has 0 aromatic heterocycles. The van der Waals surface area contributed by atoms with Crippen molar-refractivity contribution in [2.75, 3.05) is 0 Å². The van der Waals surface area contributed by atoms with Gasteiger partial charge in [-0.05, 0) is 0 Å². The molecule has 0 fully saturated rings. The topological polar surface area (TPSA) is 0 Å². The number of allylic oxidation sites excluding steroid dienone is 4. The summed E-state index contributed by atoms with van der Waals surface area (Å²) in [6, 6.07) is 34.4. The van der Waals surface area contributed by atoms with E-state index in [4.69, 9.17) is 0 Å². The molecule has 0 heterocycles. The maximum atomic E-state index is 2.49. The fourth-order valence-electron chi connectivity index (χ4n) is 7.41. The van der Waals surface area contributed by atoms with Crippen molar-refractivity contribution in [3.05, 3.63) is 130 Å². The van der Waals surface area contributed by atoms with Crippen LogP contribution in [0.25, 0.3) is 0 Å². The monoisotopic (exact) mass is 496 g/mol. The Morgan fingerprint density at radius 3 is 1.60 bits per heavy atom.